The Morgan fingerprint density at radius 2 is 2.25 bits per heavy atom. The molecule has 0 fully saturated rings. The van der Waals surface area contributed by atoms with E-state index in [0.717, 1.165) is 31.9 Å². The number of hydrogen-bond acceptors (Lipinski definition) is 4. The monoisotopic (exact) mass is 169 g/mol. The van der Waals surface area contributed by atoms with Gasteiger partial charge in [-0.15, -0.1) is 0 Å². The van der Waals surface area contributed by atoms with Crippen molar-refractivity contribution in [2.45, 2.75) is 13.5 Å². The third-order valence-electron chi connectivity index (χ3n) is 1.50. The topological polar surface area (TPSA) is 65.6 Å². The summed E-state index contributed by atoms with van der Waals surface area (Å²) in [5.74, 6) is 0. The minimum atomic E-state index is 0.780. The molecule has 5 nitrogen and oxygen atoms in total. The molecular weight excluding hydrogens is 154 g/mol. The Morgan fingerprint density at radius 3 is 2.92 bits per heavy atom. The Bertz CT molecular complexity index is 184. The molecular formula is C7H15N5. The summed E-state index contributed by atoms with van der Waals surface area (Å²) in [7, 11) is 0. The summed E-state index contributed by atoms with van der Waals surface area (Å²) >= 11 is 0. The van der Waals surface area contributed by atoms with Gasteiger partial charge in [0, 0.05) is 19.6 Å². The Kier molecular flexibility index (Phi) is 4.33. The zero-order valence-electron chi connectivity index (χ0n) is 7.30. The number of nitrogens with one attached hydrogen (secondary N) is 3. The quantitative estimate of drug-likeness (QED) is 0.502. The standard InChI is InChI=1S/C7H15N5/c1-2-8-3-4-9-5-7-6-10-12-11-7/h6,8-9H,2-5H2,1H3,(H,10,11,12). The van der Waals surface area contributed by atoms with E-state index in [1.165, 1.54) is 0 Å². The van der Waals surface area contributed by atoms with Gasteiger partial charge in [-0.2, -0.15) is 15.4 Å². The summed E-state index contributed by atoms with van der Waals surface area (Å²) in [4.78, 5) is 0. The molecule has 0 bridgehead atoms. The van der Waals surface area contributed by atoms with E-state index >= 15 is 0 Å². The Hall–Kier alpha value is -0.940. The van der Waals surface area contributed by atoms with Crippen molar-refractivity contribution in [1.29, 1.82) is 0 Å². The molecule has 1 aromatic rings. The summed E-state index contributed by atoms with van der Waals surface area (Å²) in [5.41, 5.74) is 0.950. The first kappa shape index (κ1) is 9.15. The fraction of sp³-hybridized carbons (Fsp3) is 0.714. The molecule has 0 aliphatic heterocycles. The van der Waals surface area contributed by atoms with Crippen molar-refractivity contribution in [2.24, 2.45) is 0 Å². The molecule has 1 aromatic heterocycles. The van der Waals surface area contributed by atoms with Crippen LogP contribution in [0.25, 0.3) is 0 Å². The first-order valence-corrected chi connectivity index (χ1v) is 4.19. The molecule has 0 atom stereocenters. The minimum Gasteiger partial charge on any atom is -0.316 e. The molecule has 1 rings (SSSR count). The number of aromatic amines is 1. The van der Waals surface area contributed by atoms with Crippen molar-refractivity contribution in [3.8, 4) is 0 Å². The zero-order valence-corrected chi connectivity index (χ0v) is 7.30. The molecule has 0 saturated heterocycles. The van der Waals surface area contributed by atoms with Gasteiger partial charge in [-0.05, 0) is 6.54 Å². The van der Waals surface area contributed by atoms with E-state index in [2.05, 4.69) is 33.0 Å². The summed E-state index contributed by atoms with van der Waals surface area (Å²) < 4.78 is 0. The highest BCUT2D eigenvalue weighted by atomic mass is 15.3. The molecule has 3 N–H and O–H groups in total. The highest BCUT2D eigenvalue weighted by Crippen LogP contribution is 1.84. The number of rotatable bonds is 6. The van der Waals surface area contributed by atoms with E-state index in [1.54, 1.807) is 6.20 Å². The van der Waals surface area contributed by atoms with Gasteiger partial charge in [0.05, 0.1) is 11.9 Å². The molecule has 0 radical (unpaired) electrons. The summed E-state index contributed by atoms with van der Waals surface area (Å²) in [6.07, 6.45) is 1.72. The molecule has 68 valence electrons. The highest BCUT2D eigenvalue weighted by Gasteiger charge is 1.92. The van der Waals surface area contributed by atoms with Crippen molar-refractivity contribution < 1.29 is 0 Å². The van der Waals surface area contributed by atoms with Crippen molar-refractivity contribution in [1.82, 2.24) is 26.0 Å². The average molecular weight is 169 g/mol. The summed E-state index contributed by atoms with van der Waals surface area (Å²) in [5, 5.41) is 16.6. The van der Waals surface area contributed by atoms with Crippen LogP contribution in [0.2, 0.25) is 0 Å². The van der Waals surface area contributed by atoms with E-state index < -0.39 is 0 Å². The maximum absolute atomic E-state index is 3.92. The maximum atomic E-state index is 3.92. The molecule has 0 aromatic carbocycles. The second-order valence-corrected chi connectivity index (χ2v) is 2.49. The lowest BCUT2D eigenvalue weighted by atomic mass is 10.4. The van der Waals surface area contributed by atoms with E-state index in [1.807, 2.05) is 0 Å². The predicted octanol–water partition coefficient (Wildman–Crippen LogP) is -0.496. The van der Waals surface area contributed by atoms with Crippen LogP contribution in [0.4, 0.5) is 0 Å². The van der Waals surface area contributed by atoms with Crippen LogP contribution >= 0.6 is 0 Å². The number of aromatic nitrogens is 3. The van der Waals surface area contributed by atoms with E-state index in [-0.39, 0.29) is 0 Å². The van der Waals surface area contributed by atoms with Gasteiger partial charge in [0.2, 0.25) is 0 Å². The highest BCUT2D eigenvalue weighted by molar-refractivity contribution is 4.88. The second kappa shape index (κ2) is 5.68. The van der Waals surface area contributed by atoms with Gasteiger partial charge < -0.3 is 10.6 Å². The lowest BCUT2D eigenvalue weighted by Gasteiger charge is -2.01. The van der Waals surface area contributed by atoms with Gasteiger partial charge in [0.15, 0.2) is 0 Å². The smallest absolute Gasteiger partial charge is 0.0962 e. The van der Waals surface area contributed by atoms with Crippen LogP contribution < -0.4 is 10.6 Å². The minimum absolute atomic E-state index is 0.780. The molecule has 5 heteroatoms. The summed E-state index contributed by atoms with van der Waals surface area (Å²) in [6.45, 7) is 5.85. The molecule has 0 aliphatic rings. The molecule has 0 unspecified atom stereocenters. The lowest BCUT2D eigenvalue weighted by Crippen LogP contribution is -2.26. The SMILES string of the molecule is CCNCCNCc1cn[nH]n1. The van der Waals surface area contributed by atoms with Crippen LogP contribution in [0, 0.1) is 0 Å². The zero-order chi connectivity index (χ0) is 8.65. The number of hydrogen-bond donors (Lipinski definition) is 3. The molecule has 0 amide bonds. The van der Waals surface area contributed by atoms with Gasteiger partial charge in [0.1, 0.15) is 0 Å². The van der Waals surface area contributed by atoms with Crippen LogP contribution in [0.15, 0.2) is 6.20 Å². The average Bonchev–Trinajstić information content (AvgIpc) is 2.57. The van der Waals surface area contributed by atoms with Crippen molar-refractivity contribution in [3.63, 3.8) is 0 Å². The van der Waals surface area contributed by atoms with Crippen LogP contribution in [-0.2, 0) is 6.54 Å². The van der Waals surface area contributed by atoms with E-state index in [0.29, 0.717) is 0 Å². The second-order valence-electron chi connectivity index (χ2n) is 2.49. The van der Waals surface area contributed by atoms with Crippen molar-refractivity contribution >= 4 is 0 Å². The first-order chi connectivity index (χ1) is 5.93. The van der Waals surface area contributed by atoms with Gasteiger partial charge in [0.25, 0.3) is 0 Å². The molecule has 1 heterocycles. The Morgan fingerprint density at radius 1 is 1.42 bits per heavy atom. The van der Waals surface area contributed by atoms with Crippen LogP contribution in [0.1, 0.15) is 12.6 Å². The fourth-order valence-electron chi connectivity index (χ4n) is 0.881. The normalized spacial score (nSPS) is 10.4. The van der Waals surface area contributed by atoms with Gasteiger partial charge >= 0.3 is 0 Å². The number of H-pyrrole nitrogens is 1. The summed E-state index contributed by atoms with van der Waals surface area (Å²) in [6, 6.07) is 0. The van der Waals surface area contributed by atoms with Gasteiger partial charge in [-0.3, -0.25) is 0 Å². The van der Waals surface area contributed by atoms with Crippen LogP contribution in [-0.4, -0.2) is 35.0 Å². The third kappa shape index (κ3) is 3.45. The largest absolute Gasteiger partial charge is 0.316 e. The van der Waals surface area contributed by atoms with E-state index in [4.69, 9.17) is 0 Å². The lowest BCUT2D eigenvalue weighted by molar-refractivity contribution is 0.618. The van der Waals surface area contributed by atoms with Crippen molar-refractivity contribution in [3.05, 3.63) is 11.9 Å². The molecule has 0 aliphatic carbocycles. The van der Waals surface area contributed by atoms with Crippen LogP contribution in [0.3, 0.4) is 0 Å². The molecule has 0 saturated carbocycles. The van der Waals surface area contributed by atoms with Gasteiger partial charge in [-0.1, -0.05) is 6.92 Å². The Labute approximate surface area is 71.9 Å². The third-order valence-corrected chi connectivity index (χ3v) is 1.50. The Balaban J connectivity index is 1.96. The molecule has 12 heavy (non-hydrogen) atoms. The first-order valence-electron chi connectivity index (χ1n) is 4.19. The molecule has 0 spiro atoms. The number of likely N-dealkylation sites (N-methyl/N-ethyl adjacent to an activating group) is 1. The van der Waals surface area contributed by atoms with Crippen LogP contribution in [0.5, 0.6) is 0 Å². The van der Waals surface area contributed by atoms with E-state index in [9.17, 15) is 0 Å². The van der Waals surface area contributed by atoms with Gasteiger partial charge in [-0.25, -0.2) is 0 Å². The fourth-order valence-corrected chi connectivity index (χ4v) is 0.881. The van der Waals surface area contributed by atoms with Crippen molar-refractivity contribution in [2.75, 3.05) is 19.6 Å². The predicted molar refractivity (Wildman–Crippen MR) is 46.6 cm³/mol. The number of nitrogens with zero attached hydrogens (tertiary/aromatic N) is 2. The maximum Gasteiger partial charge on any atom is 0.0962 e.